The van der Waals surface area contributed by atoms with Crippen molar-refractivity contribution >= 4 is 44.7 Å². The summed E-state index contributed by atoms with van der Waals surface area (Å²) in [5.41, 5.74) is 1.93. The predicted octanol–water partition coefficient (Wildman–Crippen LogP) is 4.82. The van der Waals surface area contributed by atoms with Gasteiger partial charge in [0.05, 0.1) is 28.5 Å². The van der Waals surface area contributed by atoms with E-state index in [0.717, 1.165) is 38.0 Å². The van der Waals surface area contributed by atoms with Crippen LogP contribution in [0.4, 0.5) is 5.82 Å². The number of hydrogen-bond acceptors (Lipinski definition) is 6. The van der Waals surface area contributed by atoms with Crippen molar-refractivity contribution in [2.24, 2.45) is 4.99 Å². The van der Waals surface area contributed by atoms with E-state index < -0.39 is 0 Å². The number of hydrogen-bond donors (Lipinski definition) is 1. The molecule has 0 fully saturated rings. The Balaban J connectivity index is 1.83. The van der Waals surface area contributed by atoms with E-state index in [4.69, 9.17) is 0 Å². The zero-order valence-corrected chi connectivity index (χ0v) is 14.2. The molecule has 0 bridgehead atoms. The summed E-state index contributed by atoms with van der Waals surface area (Å²) in [7, 11) is 0. The van der Waals surface area contributed by atoms with E-state index in [2.05, 4.69) is 25.9 Å². The molecule has 6 heteroatoms. The summed E-state index contributed by atoms with van der Waals surface area (Å²) >= 11 is 2.67. The van der Waals surface area contributed by atoms with Crippen LogP contribution in [0.1, 0.15) is 10.4 Å². The zero-order chi connectivity index (χ0) is 16.4. The largest absolute Gasteiger partial charge is 0.506 e. The Kier molecular flexibility index (Phi) is 4.06. The van der Waals surface area contributed by atoms with Crippen LogP contribution >= 0.6 is 23.1 Å². The highest BCUT2D eigenvalue weighted by Crippen LogP contribution is 2.38. The molecular weight excluding hydrogens is 338 g/mol. The number of aliphatic imine (C=N–C) groups is 1. The summed E-state index contributed by atoms with van der Waals surface area (Å²) in [5, 5.41) is 11.5. The van der Waals surface area contributed by atoms with Gasteiger partial charge in [0, 0.05) is 16.5 Å². The second-order valence-electron chi connectivity index (χ2n) is 5.26. The molecule has 2 heterocycles. The highest BCUT2D eigenvalue weighted by Gasteiger charge is 2.17. The van der Waals surface area contributed by atoms with Crippen molar-refractivity contribution < 1.29 is 5.11 Å². The lowest BCUT2D eigenvalue weighted by Gasteiger charge is -2.05. The standard InChI is InChI=1S/C18H13N3OS2/c22-17-13-8-4-5-9-15(13)23-18(17)14(20-16-11-19-24-21-16)10-12-6-2-1-3-7-12/h1-9,11,22H,10H2. The third-order valence-electron chi connectivity index (χ3n) is 3.64. The summed E-state index contributed by atoms with van der Waals surface area (Å²) in [5.74, 6) is 0.858. The molecule has 0 saturated carbocycles. The van der Waals surface area contributed by atoms with Gasteiger partial charge in [0.1, 0.15) is 5.75 Å². The van der Waals surface area contributed by atoms with Gasteiger partial charge >= 0.3 is 0 Å². The average molecular weight is 351 g/mol. The molecule has 118 valence electrons. The van der Waals surface area contributed by atoms with Gasteiger partial charge in [-0.2, -0.15) is 8.75 Å². The van der Waals surface area contributed by atoms with Crippen molar-refractivity contribution in [3.63, 3.8) is 0 Å². The number of aromatic hydroxyl groups is 1. The third-order valence-corrected chi connectivity index (χ3v) is 5.32. The maximum Gasteiger partial charge on any atom is 0.186 e. The number of aromatic nitrogens is 2. The molecule has 0 radical (unpaired) electrons. The van der Waals surface area contributed by atoms with Crippen LogP contribution in [0.2, 0.25) is 0 Å². The van der Waals surface area contributed by atoms with E-state index in [1.54, 1.807) is 17.5 Å². The van der Waals surface area contributed by atoms with Crippen LogP contribution < -0.4 is 0 Å². The summed E-state index contributed by atoms with van der Waals surface area (Å²) in [4.78, 5) is 5.43. The maximum atomic E-state index is 10.7. The van der Waals surface area contributed by atoms with Crippen LogP contribution in [0.15, 0.2) is 65.8 Å². The van der Waals surface area contributed by atoms with E-state index in [1.807, 2.05) is 42.5 Å². The summed E-state index contributed by atoms with van der Waals surface area (Å²) in [6.45, 7) is 0. The Morgan fingerprint density at radius 3 is 2.58 bits per heavy atom. The molecular formula is C18H13N3OS2. The minimum Gasteiger partial charge on any atom is -0.506 e. The first kappa shape index (κ1) is 15.0. The van der Waals surface area contributed by atoms with E-state index in [1.165, 1.54) is 0 Å². The van der Waals surface area contributed by atoms with Gasteiger partial charge in [0.2, 0.25) is 0 Å². The Labute approximate surface area is 147 Å². The maximum absolute atomic E-state index is 10.7. The Morgan fingerprint density at radius 1 is 1.04 bits per heavy atom. The lowest BCUT2D eigenvalue weighted by atomic mass is 10.1. The monoisotopic (exact) mass is 351 g/mol. The number of thiophene rings is 1. The molecule has 1 N–H and O–H groups in total. The van der Waals surface area contributed by atoms with Crippen molar-refractivity contribution in [1.82, 2.24) is 8.75 Å². The van der Waals surface area contributed by atoms with Crippen LogP contribution in [0.25, 0.3) is 10.1 Å². The molecule has 0 aliphatic heterocycles. The molecule has 0 aliphatic rings. The number of fused-ring (bicyclic) bond motifs is 1. The molecule has 2 aromatic carbocycles. The Bertz CT molecular complexity index is 992. The molecule has 0 unspecified atom stereocenters. The fourth-order valence-electron chi connectivity index (χ4n) is 2.53. The van der Waals surface area contributed by atoms with Crippen LogP contribution in [0, 0.1) is 0 Å². The molecule has 0 aliphatic carbocycles. The highest BCUT2D eigenvalue weighted by atomic mass is 32.1. The quantitative estimate of drug-likeness (QED) is 0.536. The zero-order valence-electron chi connectivity index (χ0n) is 12.6. The van der Waals surface area contributed by atoms with Crippen molar-refractivity contribution in [3.8, 4) is 5.75 Å². The summed E-state index contributed by atoms with van der Waals surface area (Å²) in [6.07, 6.45) is 2.26. The third kappa shape index (κ3) is 2.93. The van der Waals surface area contributed by atoms with Gasteiger partial charge in [-0.05, 0) is 17.7 Å². The van der Waals surface area contributed by atoms with Crippen LogP contribution in [0.5, 0.6) is 5.75 Å². The van der Waals surface area contributed by atoms with Gasteiger partial charge in [-0.3, -0.25) is 0 Å². The first-order valence-corrected chi connectivity index (χ1v) is 8.96. The molecule has 4 rings (SSSR count). The van der Waals surface area contributed by atoms with Gasteiger partial charge in [0.15, 0.2) is 5.82 Å². The second-order valence-corrected chi connectivity index (χ2v) is 6.87. The van der Waals surface area contributed by atoms with Gasteiger partial charge in [-0.1, -0.05) is 42.5 Å². The summed E-state index contributed by atoms with van der Waals surface area (Å²) in [6, 6.07) is 17.9. The Hall–Kier alpha value is -2.57. The average Bonchev–Trinajstić information content (AvgIpc) is 3.24. The Morgan fingerprint density at radius 2 is 1.83 bits per heavy atom. The highest BCUT2D eigenvalue weighted by molar-refractivity contribution is 7.21. The van der Waals surface area contributed by atoms with E-state index in [0.29, 0.717) is 12.2 Å². The number of nitrogens with zero attached hydrogens (tertiary/aromatic N) is 3. The number of rotatable bonds is 4. The number of benzene rings is 2. The summed E-state index contributed by atoms with van der Waals surface area (Å²) < 4.78 is 9.22. The molecule has 4 aromatic rings. The van der Waals surface area contributed by atoms with Gasteiger partial charge in [0.25, 0.3) is 0 Å². The smallest absolute Gasteiger partial charge is 0.186 e. The first-order chi connectivity index (χ1) is 11.8. The van der Waals surface area contributed by atoms with E-state index in [9.17, 15) is 5.11 Å². The lowest BCUT2D eigenvalue weighted by Crippen LogP contribution is -2.03. The van der Waals surface area contributed by atoms with Crippen molar-refractivity contribution in [1.29, 1.82) is 0 Å². The second kappa shape index (κ2) is 6.51. The first-order valence-electron chi connectivity index (χ1n) is 7.41. The van der Waals surface area contributed by atoms with Gasteiger partial charge in [-0.25, -0.2) is 4.99 Å². The normalized spacial score (nSPS) is 11.9. The van der Waals surface area contributed by atoms with E-state index in [-0.39, 0.29) is 5.75 Å². The van der Waals surface area contributed by atoms with Crippen molar-refractivity contribution in [2.45, 2.75) is 6.42 Å². The minimum atomic E-state index is 0.286. The van der Waals surface area contributed by atoms with Crippen molar-refractivity contribution in [2.75, 3.05) is 0 Å². The van der Waals surface area contributed by atoms with Crippen LogP contribution in [-0.4, -0.2) is 19.6 Å². The molecule has 4 nitrogen and oxygen atoms in total. The fourth-order valence-corrected chi connectivity index (χ4v) is 3.98. The van der Waals surface area contributed by atoms with Gasteiger partial charge in [-0.15, -0.1) is 11.3 Å². The van der Waals surface area contributed by atoms with Gasteiger partial charge < -0.3 is 5.11 Å². The van der Waals surface area contributed by atoms with Crippen molar-refractivity contribution in [3.05, 3.63) is 71.2 Å². The molecule has 2 aromatic heterocycles. The SMILES string of the molecule is Oc1c(C(Cc2ccccc2)=Nc2cnsn2)sc2ccccc12. The molecule has 0 spiro atoms. The molecule has 0 saturated heterocycles. The topological polar surface area (TPSA) is 58.4 Å². The minimum absolute atomic E-state index is 0.286. The van der Waals surface area contributed by atoms with E-state index >= 15 is 0 Å². The lowest BCUT2D eigenvalue weighted by molar-refractivity contribution is 0.482. The van der Waals surface area contributed by atoms with Crippen LogP contribution in [0.3, 0.4) is 0 Å². The molecule has 0 amide bonds. The fraction of sp³-hybridized carbons (Fsp3) is 0.0556. The van der Waals surface area contributed by atoms with Crippen LogP contribution in [-0.2, 0) is 6.42 Å². The molecule has 0 atom stereocenters. The predicted molar refractivity (Wildman–Crippen MR) is 99.7 cm³/mol. The molecule has 24 heavy (non-hydrogen) atoms.